The zero-order valence-electron chi connectivity index (χ0n) is 10.8. The number of hydrogen-bond acceptors (Lipinski definition) is 2. The van der Waals surface area contributed by atoms with Gasteiger partial charge in [-0.15, -0.1) is 0 Å². The third-order valence-corrected chi connectivity index (χ3v) is 4.05. The first-order valence-electron chi connectivity index (χ1n) is 6.62. The van der Waals surface area contributed by atoms with E-state index in [9.17, 15) is 0 Å². The van der Waals surface area contributed by atoms with Gasteiger partial charge in [0.05, 0.1) is 0 Å². The molecule has 2 atom stereocenters. The number of nitrogens with one attached hydrogen (secondary N) is 1. The molecular formula is C15H23NO. The van der Waals surface area contributed by atoms with Crippen LogP contribution in [-0.2, 0) is 0 Å². The number of benzene rings is 1. The van der Waals surface area contributed by atoms with Crippen LogP contribution in [0.1, 0.15) is 38.2 Å². The lowest BCUT2D eigenvalue weighted by Gasteiger charge is -2.39. The van der Waals surface area contributed by atoms with E-state index in [-0.39, 0.29) is 6.61 Å². The van der Waals surface area contributed by atoms with Crippen LogP contribution in [0.4, 0.5) is 0 Å². The normalized spacial score (nSPS) is 27.2. The summed E-state index contributed by atoms with van der Waals surface area (Å²) in [6.07, 6.45) is 2.46. The first-order chi connectivity index (χ1) is 8.20. The van der Waals surface area contributed by atoms with Crippen molar-refractivity contribution in [2.24, 2.45) is 5.92 Å². The van der Waals surface area contributed by atoms with Crippen molar-refractivity contribution in [1.82, 2.24) is 5.32 Å². The SMILES string of the molecule is CC(CO)C(C)NC1CC(c2ccccc2)C1. The predicted octanol–water partition coefficient (Wildman–Crippen LogP) is 2.54. The van der Waals surface area contributed by atoms with Crippen molar-refractivity contribution >= 4 is 0 Å². The van der Waals surface area contributed by atoms with E-state index in [1.165, 1.54) is 18.4 Å². The molecule has 0 bridgehead atoms. The van der Waals surface area contributed by atoms with E-state index in [0.717, 1.165) is 5.92 Å². The molecule has 0 amide bonds. The molecule has 0 saturated heterocycles. The fourth-order valence-electron chi connectivity index (χ4n) is 2.45. The Balaban J connectivity index is 1.76. The summed E-state index contributed by atoms with van der Waals surface area (Å²) >= 11 is 0. The lowest BCUT2D eigenvalue weighted by molar-refractivity contribution is 0.180. The number of aliphatic hydroxyl groups excluding tert-OH is 1. The third-order valence-electron chi connectivity index (χ3n) is 4.05. The van der Waals surface area contributed by atoms with Gasteiger partial charge in [-0.05, 0) is 37.2 Å². The first kappa shape index (κ1) is 12.6. The van der Waals surface area contributed by atoms with Crippen molar-refractivity contribution in [2.45, 2.75) is 44.7 Å². The molecule has 0 heterocycles. The van der Waals surface area contributed by atoms with Crippen molar-refractivity contribution in [2.75, 3.05) is 6.61 Å². The van der Waals surface area contributed by atoms with E-state index in [0.29, 0.717) is 18.0 Å². The number of hydrogen-bond donors (Lipinski definition) is 2. The van der Waals surface area contributed by atoms with Gasteiger partial charge < -0.3 is 10.4 Å². The van der Waals surface area contributed by atoms with Gasteiger partial charge in [-0.3, -0.25) is 0 Å². The Morgan fingerprint density at radius 1 is 1.24 bits per heavy atom. The van der Waals surface area contributed by atoms with E-state index < -0.39 is 0 Å². The fraction of sp³-hybridized carbons (Fsp3) is 0.600. The summed E-state index contributed by atoms with van der Waals surface area (Å²) < 4.78 is 0. The van der Waals surface area contributed by atoms with E-state index >= 15 is 0 Å². The second-order valence-corrected chi connectivity index (χ2v) is 5.39. The second kappa shape index (κ2) is 5.65. The summed E-state index contributed by atoms with van der Waals surface area (Å²) in [4.78, 5) is 0. The second-order valence-electron chi connectivity index (χ2n) is 5.39. The van der Waals surface area contributed by atoms with Crippen LogP contribution in [0.5, 0.6) is 0 Å². The quantitative estimate of drug-likeness (QED) is 0.819. The summed E-state index contributed by atoms with van der Waals surface area (Å²) in [5, 5.41) is 12.7. The van der Waals surface area contributed by atoms with E-state index in [1.54, 1.807) is 0 Å². The van der Waals surface area contributed by atoms with Crippen molar-refractivity contribution in [1.29, 1.82) is 0 Å². The zero-order valence-corrected chi connectivity index (χ0v) is 10.8. The monoisotopic (exact) mass is 233 g/mol. The van der Waals surface area contributed by atoms with Gasteiger partial charge in [0, 0.05) is 18.7 Å². The van der Waals surface area contributed by atoms with Gasteiger partial charge in [0.1, 0.15) is 0 Å². The van der Waals surface area contributed by atoms with Gasteiger partial charge in [0.25, 0.3) is 0 Å². The largest absolute Gasteiger partial charge is 0.396 e. The molecule has 2 rings (SSSR count). The van der Waals surface area contributed by atoms with Crippen molar-refractivity contribution in [3.05, 3.63) is 35.9 Å². The molecule has 1 saturated carbocycles. The van der Waals surface area contributed by atoms with Gasteiger partial charge in [0.15, 0.2) is 0 Å². The van der Waals surface area contributed by atoms with Crippen LogP contribution in [0, 0.1) is 5.92 Å². The lowest BCUT2D eigenvalue weighted by Crippen LogP contribution is -2.47. The molecule has 0 radical (unpaired) electrons. The molecule has 2 N–H and O–H groups in total. The minimum absolute atomic E-state index is 0.267. The van der Waals surface area contributed by atoms with Crippen LogP contribution in [0.15, 0.2) is 30.3 Å². The highest BCUT2D eigenvalue weighted by atomic mass is 16.3. The standard InChI is InChI=1S/C15H23NO/c1-11(10-17)12(2)16-15-8-14(9-15)13-6-4-3-5-7-13/h3-7,11-12,14-17H,8-10H2,1-2H3. The molecule has 1 aliphatic carbocycles. The smallest absolute Gasteiger partial charge is 0.0471 e. The van der Waals surface area contributed by atoms with Gasteiger partial charge in [-0.2, -0.15) is 0 Å². The Bertz CT molecular complexity index is 332. The van der Waals surface area contributed by atoms with E-state index in [2.05, 4.69) is 49.5 Å². The molecule has 0 spiro atoms. The summed E-state index contributed by atoms with van der Waals surface area (Å²) in [6, 6.07) is 11.8. The van der Waals surface area contributed by atoms with Gasteiger partial charge in [-0.25, -0.2) is 0 Å². The maximum Gasteiger partial charge on any atom is 0.0471 e. The topological polar surface area (TPSA) is 32.3 Å². The maximum absolute atomic E-state index is 9.10. The summed E-state index contributed by atoms with van der Waals surface area (Å²) in [5.74, 6) is 1.07. The minimum atomic E-state index is 0.267. The minimum Gasteiger partial charge on any atom is -0.396 e. The van der Waals surface area contributed by atoms with Crippen LogP contribution >= 0.6 is 0 Å². The Labute approximate surface area is 104 Å². The van der Waals surface area contributed by atoms with Gasteiger partial charge in [0.2, 0.25) is 0 Å². The summed E-state index contributed by atoms with van der Waals surface area (Å²) in [5.41, 5.74) is 1.47. The van der Waals surface area contributed by atoms with E-state index in [4.69, 9.17) is 5.11 Å². The Morgan fingerprint density at radius 3 is 2.47 bits per heavy atom. The number of rotatable bonds is 5. The molecule has 2 heteroatoms. The van der Waals surface area contributed by atoms with Gasteiger partial charge >= 0.3 is 0 Å². The average Bonchev–Trinajstić information content (AvgIpc) is 2.33. The fourth-order valence-corrected chi connectivity index (χ4v) is 2.45. The van der Waals surface area contributed by atoms with E-state index in [1.807, 2.05) is 0 Å². The third kappa shape index (κ3) is 3.08. The highest BCUT2D eigenvalue weighted by Gasteiger charge is 2.31. The van der Waals surface area contributed by atoms with Crippen LogP contribution in [0.3, 0.4) is 0 Å². The molecule has 0 aromatic heterocycles. The Hall–Kier alpha value is -0.860. The lowest BCUT2D eigenvalue weighted by atomic mass is 9.75. The van der Waals surface area contributed by atoms with Crippen molar-refractivity contribution in [3.63, 3.8) is 0 Å². The Morgan fingerprint density at radius 2 is 1.88 bits per heavy atom. The predicted molar refractivity (Wildman–Crippen MR) is 71.1 cm³/mol. The zero-order chi connectivity index (χ0) is 12.3. The van der Waals surface area contributed by atoms with Crippen molar-refractivity contribution in [3.8, 4) is 0 Å². The van der Waals surface area contributed by atoms with Gasteiger partial charge in [-0.1, -0.05) is 37.3 Å². The molecule has 94 valence electrons. The molecule has 1 aromatic carbocycles. The molecule has 0 aliphatic heterocycles. The highest BCUT2D eigenvalue weighted by Crippen LogP contribution is 2.37. The number of aliphatic hydroxyl groups is 1. The summed E-state index contributed by atoms with van der Waals surface area (Å²) in [6.45, 7) is 4.52. The maximum atomic E-state index is 9.10. The van der Waals surface area contributed by atoms with Crippen LogP contribution < -0.4 is 5.32 Å². The molecule has 1 aliphatic rings. The molecule has 1 fully saturated rings. The Kier molecular flexibility index (Phi) is 4.19. The first-order valence-corrected chi connectivity index (χ1v) is 6.62. The average molecular weight is 233 g/mol. The summed E-state index contributed by atoms with van der Waals surface area (Å²) in [7, 11) is 0. The van der Waals surface area contributed by atoms with Crippen LogP contribution in [0.2, 0.25) is 0 Å². The highest BCUT2D eigenvalue weighted by molar-refractivity contribution is 5.22. The molecule has 1 aromatic rings. The molecule has 2 unspecified atom stereocenters. The van der Waals surface area contributed by atoms with Crippen LogP contribution in [-0.4, -0.2) is 23.8 Å². The molecular weight excluding hydrogens is 210 g/mol. The molecule has 2 nitrogen and oxygen atoms in total. The van der Waals surface area contributed by atoms with Crippen LogP contribution in [0.25, 0.3) is 0 Å². The van der Waals surface area contributed by atoms with Crippen molar-refractivity contribution < 1.29 is 5.11 Å². The molecule has 17 heavy (non-hydrogen) atoms.